The van der Waals surface area contributed by atoms with E-state index in [2.05, 4.69) is 71.1 Å². The van der Waals surface area contributed by atoms with Crippen LogP contribution in [0.15, 0.2) is 71.3 Å². The molecule has 1 aliphatic carbocycles. The quantitative estimate of drug-likeness (QED) is 0.297. The largest absolute Gasteiger partial charge is 1.00 e. The average molecular weight is 602 g/mol. The van der Waals surface area contributed by atoms with Crippen LogP contribution < -0.4 is 24.8 Å². The van der Waals surface area contributed by atoms with E-state index < -0.39 is 0 Å². The SMILES string of the molecule is CC1=[C-]C(C)C(C)=C1C.C[Si](C)=[Zr+2].Clc1cc(Cl)c2c(-c3ccccc3)c[cH-]c2c1.[Cl-].[Cl-]. The molecule has 32 heavy (non-hydrogen) atoms. The first-order chi connectivity index (χ1) is 14.1. The Kier molecular flexibility index (Phi) is 14.8. The normalized spacial score (nSPS) is 14.3. The maximum Gasteiger partial charge on any atom is 0.000442 e. The van der Waals surface area contributed by atoms with Crippen LogP contribution in [0.1, 0.15) is 27.7 Å². The minimum absolute atomic E-state index is 0. The van der Waals surface area contributed by atoms with Crippen molar-refractivity contribution in [3.63, 3.8) is 0 Å². The van der Waals surface area contributed by atoms with Gasteiger partial charge in [0.1, 0.15) is 0 Å². The van der Waals surface area contributed by atoms with Gasteiger partial charge in [0.05, 0.1) is 0 Å². The third-order valence-electron chi connectivity index (χ3n) is 5.11. The van der Waals surface area contributed by atoms with Gasteiger partial charge in [-0.05, 0) is 11.1 Å². The monoisotopic (exact) mass is 598 g/mol. The summed E-state index contributed by atoms with van der Waals surface area (Å²) in [5.41, 5.74) is 6.78. The molecule has 6 heteroatoms. The number of rotatable bonds is 1. The molecular weight excluding hydrogens is 573 g/mol. The second-order valence-electron chi connectivity index (χ2n) is 7.76. The van der Waals surface area contributed by atoms with Crippen molar-refractivity contribution >= 4 is 39.4 Å². The standard InChI is InChI=1S/C15H9Cl2.C9H13.C2H6Si.2ClH.Zr/c16-12-8-11-6-7-13(15(11)14(17)9-12)10-4-2-1-3-5-10;1-6-5-7(2)9(4)8(6)3;1-3-2;;;/h1-9H;6H,1-4H3;1-2H3;2*1H;/q2*-1;;;;+2/p-2. The van der Waals surface area contributed by atoms with Crippen molar-refractivity contribution in [2.24, 2.45) is 5.92 Å². The first-order valence-electron chi connectivity index (χ1n) is 10.0. The van der Waals surface area contributed by atoms with Gasteiger partial charge in [-0.3, -0.25) is 6.08 Å². The van der Waals surface area contributed by atoms with E-state index in [1.807, 2.05) is 24.3 Å². The summed E-state index contributed by atoms with van der Waals surface area (Å²) in [7, 11) is 0. The van der Waals surface area contributed by atoms with E-state index in [9.17, 15) is 0 Å². The van der Waals surface area contributed by atoms with E-state index in [4.69, 9.17) is 23.2 Å². The Balaban J connectivity index is 0.000000547. The summed E-state index contributed by atoms with van der Waals surface area (Å²) in [6.45, 7) is 13.3. The van der Waals surface area contributed by atoms with Crippen LogP contribution in [0.25, 0.3) is 21.9 Å². The number of halogens is 4. The second-order valence-corrected chi connectivity index (χ2v) is 18.0. The van der Waals surface area contributed by atoms with Gasteiger partial charge in [-0.25, -0.2) is 5.57 Å². The molecule has 0 fully saturated rings. The molecule has 0 aromatic heterocycles. The molecule has 3 aromatic carbocycles. The van der Waals surface area contributed by atoms with Gasteiger partial charge in [0.25, 0.3) is 0 Å². The molecule has 4 rings (SSSR count). The summed E-state index contributed by atoms with van der Waals surface area (Å²) < 4.78 is 0. The molecule has 1 aliphatic rings. The number of hydrogen-bond acceptors (Lipinski definition) is 0. The average Bonchev–Trinajstić information content (AvgIpc) is 3.20. The molecule has 0 heterocycles. The minimum Gasteiger partial charge on any atom is -1.00 e. The van der Waals surface area contributed by atoms with Crippen molar-refractivity contribution < 1.29 is 48.1 Å². The number of allylic oxidation sites excluding steroid dienone is 4. The van der Waals surface area contributed by atoms with Crippen molar-refractivity contribution in [3.8, 4) is 11.1 Å². The number of hydrogen-bond donors (Lipinski definition) is 0. The first kappa shape index (κ1) is 31.8. The molecule has 0 radical (unpaired) electrons. The Morgan fingerprint density at radius 1 is 1.00 bits per heavy atom. The summed E-state index contributed by atoms with van der Waals surface area (Å²) in [6, 6.07) is 18.1. The smallest absolute Gasteiger partial charge is 0.000442 e. The van der Waals surface area contributed by atoms with Crippen molar-refractivity contribution in [1.29, 1.82) is 0 Å². The molecular formula is C26H28Cl4SiZr-2. The summed E-state index contributed by atoms with van der Waals surface area (Å²) in [5.74, 6) is 0.560. The van der Waals surface area contributed by atoms with E-state index in [1.165, 1.54) is 22.3 Å². The Labute approximate surface area is 231 Å². The maximum absolute atomic E-state index is 6.27. The summed E-state index contributed by atoms with van der Waals surface area (Å²) in [5, 5.41) is 3.53. The van der Waals surface area contributed by atoms with Gasteiger partial charge in [0.2, 0.25) is 0 Å². The molecule has 1 unspecified atom stereocenters. The predicted molar refractivity (Wildman–Crippen MR) is 132 cm³/mol. The van der Waals surface area contributed by atoms with Crippen LogP contribution in [0, 0.1) is 12.0 Å². The van der Waals surface area contributed by atoms with Crippen LogP contribution in [0.3, 0.4) is 0 Å². The molecule has 0 saturated carbocycles. The van der Waals surface area contributed by atoms with Gasteiger partial charge >= 0.3 is 41.9 Å². The zero-order chi connectivity index (χ0) is 22.4. The molecule has 0 amide bonds. The molecule has 0 saturated heterocycles. The number of fused-ring (bicyclic) bond motifs is 1. The Morgan fingerprint density at radius 3 is 2.00 bits per heavy atom. The van der Waals surface area contributed by atoms with Crippen LogP contribution in [-0.2, 0) is 23.3 Å². The van der Waals surface area contributed by atoms with Gasteiger partial charge in [0, 0.05) is 5.02 Å². The van der Waals surface area contributed by atoms with Crippen molar-refractivity contribution in [3.05, 3.63) is 87.4 Å². The fraction of sp³-hybridized carbons (Fsp3) is 0.269. The van der Waals surface area contributed by atoms with Gasteiger partial charge in [-0.2, -0.15) is 11.1 Å². The van der Waals surface area contributed by atoms with Crippen molar-refractivity contribution in [1.82, 2.24) is 0 Å². The summed E-state index contributed by atoms with van der Waals surface area (Å²) in [4.78, 5) is 0. The van der Waals surface area contributed by atoms with E-state index in [0.717, 1.165) is 16.3 Å². The van der Waals surface area contributed by atoms with Crippen LogP contribution >= 0.6 is 23.2 Å². The molecule has 0 aliphatic heterocycles. The predicted octanol–water partition coefficient (Wildman–Crippen LogP) is 3.05. The van der Waals surface area contributed by atoms with Crippen molar-refractivity contribution in [2.75, 3.05) is 0 Å². The van der Waals surface area contributed by atoms with Crippen molar-refractivity contribution in [2.45, 2.75) is 40.8 Å². The van der Waals surface area contributed by atoms with E-state index in [0.29, 0.717) is 16.0 Å². The van der Waals surface area contributed by atoms with E-state index in [1.54, 1.807) is 29.4 Å². The Morgan fingerprint density at radius 2 is 1.56 bits per heavy atom. The fourth-order valence-corrected chi connectivity index (χ4v) is 3.90. The number of benzene rings is 2. The molecule has 0 nitrogen and oxygen atoms in total. The molecule has 3 aromatic rings. The second kappa shape index (κ2) is 14.9. The van der Waals surface area contributed by atoms with Gasteiger partial charge in [0.15, 0.2) is 0 Å². The Bertz CT molecular complexity index is 1090. The van der Waals surface area contributed by atoms with E-state index in [-0.39, 0.29) is 30.2 Å². The minimum atomic E-state index is 0. The van der Waals surface area contributed by atoms with E-state index >= 15 is 0 Å². The fourth-order valence-electron chi connectivity index (χ4n) is 3.29. The van der Waals surface area contributed by atoms with Gasteiger partial charge in [-0.1, -0.05) is 85.8 Å². The van der Waals surface area contributed by atoms with Crippen LogP contribution in [0.5, 0.6) is 0 Å². The topological polar surface area (TPSA) is 0 Å². The zero-order valence-electron chi connectivity index (χ0n) is 19.3. The summed E-state index contributed by atoms with van der Waals surface area (Å²) >= 11 is 14.0. The molecule has 170 valence electrons. The van der Waals surface area contributed by atoms with Crippen LogP contribution in [0.2, 0.25) is 23.1 Å². The zero-order valence-corrected chi connectivity index (χ0v) is 25.8. The first-order valence-corrected chi connectivity index (χ1v) is 17.0. The van der Waals surface area contributed by atoms with Gasteiger partial charge in [-0.15, -0.1) is 41.5 Å². The molecule has 0 bridgehead atoms. The summed E-state index contributed by atoms with van der Waals surface area (Å²) in [6.07, 6.45) is 3.36. The van der Waals surface area contributed by atoms with Crippen LogP contribution in [-0.4, -0.2) is 5.43 Å². The maximum atomic E-state index is 6.27. The van der Waals surface area contributed by atoms with Gasteiger partial charge < -0.3 is 24.8 Å². The third-order valence-corrected chi connectivity index (χ3v) is 5.62. The molecule has 0 N–H and O–H groups in total. The molecule has 0 spiro atoms. The third kappa shape index (κ3) is 8.86. The van der Waals surface area contributed by atoms with Crippen LogP contribution in [0.4, 0.5) is 0 Å². The Hall–Kier alpha value is -0.210. The molecule has 1 atom stereocenters.